The minimum Gasteiger partial charge on any atom is -1.00 e. The van der Waals surface area contributed by atoms with Gasteiger partial charge in [-0.15, -0.1) is 0 Å². The van der Waals surface area contributed by atoms with E-state index in [0.717, 1.165) is 6.54 Å². The number of aromatic nitrogens is 2. The molecule has 0 bridgehead atoms. The Morgan fingerprint density at radius 1 is 0.870 bits per heavy atom. The molecule has 2 aromatic carbocycles. The average Bonchev–Trinajstić information content (AvgIpc) is 2.85. The fourth-order valence-corrected chi connectivity index (χ4v) is 3.25. The molecule has 1 aromatic heterocycles. The number of aryl methyl sites for hydroxylation is 2. The van der Waals surface area contributed by atoms with Gasteiger partial charge in [0.1, 0.15) is 0 Å². The topological polar surface area (TPSA) is 8.81 Å². The molecule has 0 saturated carbocycles. The highest BCUT2D eigenvalue weighted by atomic mass is 127. The van der Waals surface area contributed by atoms with Crippen LogP contribution in [0.25, 0.3) is 22.4 Å². The van der Waals surface area contributed by atoms with Gasteiger partial charge in [-0.1, -0.05) is 50.1 Å². The largest absolute Gasteiger partial charge is 1.00 e. The lowest BCUT2D eigenvalue weighted by Crippen LogP contribution is -3.00. The lowest BCUT2D eigenvalue weighted by molar-refractivity contribution is -0.634. The van der Waals surface area contributed by atoms with Gasteiger partial charge in [-0.3, -0.25) is 0 Å². The molecule has 0 saturated heterocycles. The predicted molar refractivity (Wildman–Crippen MR) is 92.7 cm³/mol. The second-order valence-corrected chi connectivity index (χ2v) is 5.95. The highest BCUT2D eigenvalue weighted by Crippen LogP contribution is 2.23. The minimum atomic E-state index is 0. The van der Waals surface area contributed by atoms with E-state index in [9.17, 15) is 0 Å². The molecular weight excluding hydrogens is 395 g/mol. The molecule has 3 aromatic rings. The molecule has 3 heteroatoms. The number of hydrogen-bond donors (Lipinski definition) is 0. The van der Waals surface area contributed by atoms with Gasteiger partial charge >= 0.3 is 0 Å². The van der Waals surface area contributed by atoms with E-state index >= 15 is 0 Å². The number of benzene rings is 2. The normalized spacial score (nSPS) is 10.7. The van der Waals surface area contributed by atoms with E-state index in [0.29, 0.717) is 0 Å². The Morgan fingerprint density at radius 3 is 2.30 bits per heavy atom. The van der Waals surface area contributed by atoms with Crippen molar-refractivity contribution in [2.45, 2.75) is 39.2 Å². The van der Waals surface area contributed by atoms with Crippen LogP contribution in [0.2, 0.25) is 0 Å². The summed E-state index contributed by atoms with van der Waals surface area (Å²) < 4.78 is 4.81. The molecule has 1 heterocycles. The van der Waals surface area contributed by atoms with E-state index < -0.39 is 0 Å². The third kappa shape index (κ3) is 3.77. The molecular formula is C20H25IN2. The number of rotatable bonds is 6. The number of halogens is 1. The van der Waals surface area contributed by atoms with E-state index in [-0.39, 0.29) is 24.0 Å². The Balaban J connectivity index is 0.00000192. The van der Waals surface area contributed by atoms with E-state index in [1.54, 1.807) is 0 Å². The molecule has 122 valence electrons. The van der Waals surface area contributed by atoms with Gasteiger partial charge in [0, 0.05) is 0 Å². The molecule has 3 rings (SSSR count). The van der Waals surface area contributed by atoms with Crippen LogP contribution >= 0.6 is 0 Å². The average molecular weight is 420 g/mol. The molecule has 0 atom stereocenters. The van der Waals surface area contributed by atoms with Crippen LogP contribution < -0.4 is 28.5 Å². The highest BCUT2D eigenvalue weighted by molar-refractivity contribution is 5.76. The van der Waals surface area contributed by atoms with Crippen molar-refractivity contribution in [1.29, 1.82) is 0 Å². The highest BCUT2D eigenvalue weighted by Gasteiger charge is 2.23. The smallest absolute Gasteiger partial charge is 0.289 e. The Kier molecular flexibility index (Phi) is 6.63. The van der Waals surface area contributed by atoms with Crippen molar-refractivity contribution in [3.05, 3.63) is 54.6 Å². The number of fused-ring (bicyclic) bond motifs is 1. The molecule has 0 radical (unpaired) electrons. The first-order valence-electron chi connectivity index (χ1n) is 8.35. The van der Waals surface area contributed by atoms with Crippen molar-refractivity contribution in [1.82, 2.24) is 4.57 Å². The van der Waals surface area contributed by atoms with E-state index in [2.05, 4.69) is 77.7 Å². The number of nitrogens with zero attached hydrogens (tertiary/aromatic N) is 2. The minimum absolute atomic E-state index is 0. The summed E-state index contributed by atoms with van der Waals surface area (Å²) in [5.74, 6) is 1.30. The molecule has 0 spiro atoms. The number of unbranched alkanes of at least 4 members (excludes halogenated alkanes) is 3. The third-order valence-electron chi connectivity index (χ3n) is 4.37. The van der Waals surface area contributed by atoms with E-state index in [4.69, 9.17) is 0 Å². The zero-order valence-electron chi connectivity index (χ0n) is 14.0. The summed E-state index contributed by atoms with van der Waals surface area (Å²) >= 11 is 0. The van der Waals surface area contributed by atoms with Crippen molar-refractivity contribution in [3.8, 4) is 11.4 Å². The first-order valence-corrected chi connectivity index (χ1v) is 8.35. The van der Waals surface area contributed by atoms with E-state index in [1.807, 2.05) is 0 Å². The van der Waals surface area contributed by atoms with Crippen molar-refractivity contribution >= 4 is 11.0 Å². The zero-order chi connectivity index (χ0) is 15.4. The fraction of sp³-hybridized carbons (Fsp3) is 0.350. The molecule has 0 unspecified atom stereocenters. The molecule has 0 aliphatic heterocycles. The molecule has 2 nitrogen and oxygen atoms in total. The second-order valence-electron chi connectivity index (χ2n) is 5.95. The zero-order valence-corrected chi connectivity index (χ0v) is 16.2. The first kappa shape index (κ1) is 18.0. The predicted octanol–water partition coefficient (Wildman–Crippen LogP) is 1.72. The van der Waals surface area contributed by atoms with Gasteiger partial charge in [0.25, 0.3) is 5.82 Å². The lowest BCUT2D eigenvalue weighted by Gasteiger charge is -2.04. The summed E-state index contributed by atoms with van der Waals surface area (Å²) in [6, 6.07) is 19.4. The van der Waals surface area contributed by atoms with Crippen LogP contribution in [-0.4, -0.2) is 4.57 Å². The molecule has 0 aliphatic carbocycles. The summed E-state index contributed by atoms with van der Waals surface area (Å²) in [5.41, 5.74) is 3.92. The number of imidazole rings is 1. The second kappa shape index (κ2) is 8.48. The van der Waals surface area contributed by atoms with Gasteiger partial charge in [0.2, 0.25) is 0 Å². The fourth-order valence-electron chi connectivity index (χ4n) is 3.25. The first-order chi connectivity index (χ1) is 10.8. The van der Waals surface area contributed by atoms with E-state index in [1.165, 1.54) is 48.1 Å². The maximum absolute atomic E-state index is 2.49. The van der Waals surface area contributed by atoms with Crippen molar-refractivity contribution < 1.29 is 28.5 Å². The van der Waals surface area contributed by atoms with Gasteiger partial charge in [-0.05, 0) is 37.1 Å². The Labute approximate surface area is 156 Å². The van der Waals surface area contributed by atoms with Gasteiger partial charge in [0.15, 0.2) is 11.0 Å². The van der Waals surface area contributed by atoms with Gasteiger partial charge in [0.05, 0.1) is 19.2 Å². The summed E-state index contributed by atoms with van der Waals surface area (Å²) in [7, 11) is 2.17. The Hall–Kier alpha value is -1.36. The van der Waals surface area contributed by atoms with Gasteiger partial charge in [-0.25, -0.2) is 9.13 Å². The van der Waals surface area contributed by atoms with Crippen molar-refractivity contribution in [2.75, 3.05) is 0 Å². The van der Waals surface area contributed by atoms with Crippen molar-refractivity contribution in [3.63, 3.8) is 0 Å². The van der Waals surface area contributed by atoms with Gasteiger partial charge in [-0.2, -0.15) is 0 Å². The maximum Gasteiger partial charge on any atom is 0.289 e. The summed E-state index contributed by atoms with van der Waals surface area (Å²) in [6.07, 6.45) is 5.16. The Bertz CT molecular complexity index is 747. The molecule has 0 amide bonds. The molecule has 0 fully saturated rings. The van der Waals surface area contributed by atoms with Crippen LogP contribution in [0, 0.1) is 0 Å². The summed E-state index contributed by atoms with van der Waals surface area (Å²) in [5, 5.41) is 0. The number of hydrogen-bond acceptors (Lipinski definition) is 0. The molecule has 0 aliphatic rings. The number of para-hydroxylation sites is 2. The maximum atomic E-state index is 2.49. The van der Waals surface area contributed by atoms with Crippen LogP contribution in [-0.2, 0) is 13.6 Å². The quantitative estimate of drug-likeness (QED) is 0.326. The van der Waals surface area contributed by atoms with Crippen LogP contribution in [0.3, 0.4) is 0 Å². The van der Waals surface area contributed by atoms with Crippen LogP contribution in [0.15, 0.2) is 54.6 Å². The van der Waals surface area contributed by atoms with Gasteiger partial charge < -0.3 is 24.0 Å². The standard InChI is InChI=1S/C20H25N2.HI/c1-3-4-5-11-16-22-19-15-10-9-14-18(19)21(2)20(22)17-12-7-6-8-13-17;/h6-10,12-15H,3-5,11,16H2,1-2H3;1H/q+1;/p-1. The lowest BCUT2D eigenvalue weighted by atomic mass is 10.2. The summed E-state index contributed by atoms with van der Waals surface area (Å²) in [4.78, 5) is 0. The third-order valence-corrected chi connectivity index (χ3v) is 4.37. The SMILES string of the molecule is CCCCCCn1c(-c2ccccc2)[n+](C)c2ccccc21.[I-]. The van der Waals surface area contributed by atoms with Crippen molar-refractivity contribution in [2.24, 2.45) is 7.05 Å². The van der Waals surface area contributed by atoms with Crippen LogP contribution in [0.5, 0.6) is 0 Å². The monoisotopic (exact) mass is 420 g/mol. The molecule has 23 heavy (non-hydrogen) atoms. The van der Waals surface area contributed by atoms with Crippen LogP contribution in [0.1, 0.15) is 32.6 Å². The summed E-state index contributed by atoms with van der Waals surface area (Å²) in [6.45, 7) is 3.35. The Morgan fingerprint density at radius 2 is 1.57 bits per heavy atom. The van der Waals surface area contributed by atoms with Crippen LogP contribution in [0.4, 0.5) is 0 Å². The molecule has 0 N–H and O–H groups in total.